The summed E-state index contributed by atoms with van der Waals surface area (Å²) in [7, 11) is 1.61. The first kappa shape index (κ1) is 31.0. The van der Waals surface area contributed by atoms with Gasteiger partial charge in [-0.3, -0.25) is 4.79 Å². The van der Waals surface area contributed by atoms with Gasteiger partial charge in [-0.05, 0) is 38.0 Å². The van der Waals surface area contributed by atoms with Gasteiger partial charge in [-0.2, -0.15) is 0 Å². The number of ether oxygens (including phenoxy) is 3. The molecule has 0 saturated carbocycles. The Morgan fingerprint density at radius 1 is 0.943 bits per heavy atom. The summed E-state index contributed by atoms with van der Waals surface area (Å²) in [5.41, 5.74) is 1.19. The third kappa shape index (κ3) is 13.0. The number of carbonyl (C=O) groups excluding carboxylic acids is 1. The van der Waals surface area contributed by atoms with Gasteiger partial charge in [-0.25, -0.2) is 4.57 Å². The van der Waals surface area contributed by atoms with E-state index in [1.54, 1.807) is 13.2 Å². The Morgan fingerprint density at radius 2 is 1.69 bits per heavy atom. The molecule has 2 rings (SSSR count). The van der Waals surface area contributed by atoms with Crippen molar-refractivity contribution in [3.63, 3.8) is 0 Å². The number of amides is 1. The lowest BCUT2D eigenvalue weighted by Crippen LogP contribution is -3.00. The molecule has 0 bridgehead atoms. The number of methoxy groups -OCH3 is 1. The molecule has 1 N–H and O–H groups in total. The highest BCUT2D eigenvalue weighted by Gasteiger charge is 2.09. The van der Waals surface area contributed by atoms with E-state index in [1.165, 1.54) is 50.5 Å². The largest absolute Gasteiger partial charge is 1.00 e. The Balaban J connectivity index is 0.00000612. The van der Waals surface area contributed by atoms with E-state index in [-0.39, 0.29) is 36.5 Å². The van der Waals surface area contributed by atoms with E-state index in [0.29, 0.717) is 30.4 Å². The molecular formula is C28H43IN2O4. The maximum atomic E-state index is 12.2. The first-order valence-electron chi connectivity index (χ1n) is 12.8. The number of pyridine rings is 1. The van der Waals surface area contributed by atoms with Crippen molar-refractivity contribution in [1.29, 1.82) is 0 Å². The van der Waals surface area contributed by atoms with Crippen molar-refractivity contribution in [2.45, 2.75) is 78.2 Å². The first-order chi connectivity index (χ1) is 16.7. The molecule has 2 aromatic rings. The van der Waals surface area contributed by atoms with Gasteiger partial charge in [-0.15, -0.1) is 0 Å². The molecule has 0 radical (unpaired) electrons. The molecule has 0 fully saturated rings. The van der Waals surface area contributed by atoms with Gasteiger partial charge in [0.15, 0.2) is 30.5 Å². The molecule has 1 heterocycles. The molecule has 0 aliphatic heterocycles. The summed E-state index contributed by atoms with van der Waals surface area (Å²) in [4.78, 5) is 12.2. The van der Waals surface area contributed by atoms with Gasteiger partial charge in [-0.1, -0.05) is 51.9 Å². The normalized spacial score (nSPS) is 10.4. The molecule has 196 valence electrons. The lowest BCUT2D eigenvalue weighted by Gasteiger charge is -2.13. The fourth-order valence-electron chi connectivity index (χ4n) is 3.74. The summed E-state index contributed by atoms with van der Waals surface area (Å²) < 4.78 is 19.1. The Morgan fingerprint density at radius 3 is 2.40 bits per heavy atom. The molecule has 1 amide bonds. The quantitative estimate of drug-likeness (QED) is 0.163. The van der Waals surface area contributed by atoms with E-state index < -0.39 is 0 Å². The average molecular weight is 599 g/mol. The van der Waals surface area contributed by atoms with Crippen LogP contribution in [0.1, 0.15) is 70.8 Å². The zero-order valence-corrected chi connectivity index (χ0v) is 23.8. The molecule has 6 nitrogen and oxygen atoms in total. The van der Waals surface area contributed by atoms with E-state index >= 15 is 0 Å². The second kappa shape index (κ2) is 19.2. The maximum Gasteiger partial charge on any atom is 0.257 e. The van der Waals surface area contributed by atoms with Crippen LogP contribution in [0.25, 0.3) is 0 Å². The van der Waals surface area contributed by atoms with Crippen LogP contribution >= 0.6 is 0 Å². The standard InChI is InChI=1S/C28H42N2O4.HI/c1-4-6-7-8-9-10-11-12-20-33-26-16-15-25(21-27(26)32-3)34-23-28(31)29-18-17-24-14-13-19-30(5-2)22-24;/h13-16,19,21-22H,4-12,17-18,20,23H2,1-3H3;1H. The molecule has 35 heavy (non-hydrogen) atoms. The number of carbonyl (C=O) groups is 1. The van der Waals surface area contributed by atoms with Gasteiger partial charge in [0.05, 0.1) is 13.7 Å². The minimum Gasteiger partial charge on any atom is -1.00 e. The maximum absolute atomic E-state index is 12.2. The first-order valence-corrected chi connectivity index (χ1v) is 12.8. The number of hydrogen-bond donors (Lipinski definition) is 1. The van der Waals surface area contributed by atoms with Crippen LogP contribution in [-0.2, 0) is 17.8 Å². The highest BCUT2D eigenvalue weighted by molar-refractivity contribution is 5.77. The monoisotopic (exact) mass is 598 g/mol. The molecule has 0 aliphatic rings. The van der Waals surface area contributed by atoms with Crippen LogP contribution in [0.15, 0.2) is 42.7 Å². The molecule has 0 aliphatic carbocycles. The van der Waals surface area contributed by atoms with Crippen molar-refractivity contribution >= 4 is 5.91 Å². The van der Waals surface area contributed by atoms with Gasteiger partial charge in [0.2, 0.25) is 0 Å². The lowest BCUT2D eigenvalue weighted by atomic mass is 10.1. The van der Waals surface area contributed by atoms with Crippen LogP contribution in [0, 0.1) is 0 Å². The van der Waals surface area contributed by atoms with Crippen LogP contribution in [0.4, 0.5) is 0 Å². The van der Waals surface area contributed by atoms with E-state index in [0.717, 1.165) is 19.4 Å². The summed E-state index contributed by atoms with van der Waals surface area (Å²) in [5.74, 6) is 1.76. The molecule has 1 aromatic heterocycles. The molecule has 0 atom stereocenters. The number of aryl methyl sites for hydroxylation is 1. The topological polar surface area (TPSA) is 60.7 Å². The Kier molecular flexibility index (Phi) is 17.0. The SMILES string of the molecule is CCCCCCCCCCOc1ccc(OCC(=O)NCCc2ccc[n+](CC)c2)cc1OC.[I-]. The zero-order chi connectivity index (χ0) is 24.4. The van der Waals surface area contributed by atoms with Gasteiger partial charge >= 0.3 is 0 Å². The molecule has 0 unspecified atom stereocenters. The summed E-state index contributed by atoms with van der Waals surface area (Å²) >= 11 is 0. The second-order valence-corrected chi connectivity index (χ2v) is 8.57. The number of hydrogen-bond acceptors (Lipinski definition) is 4. The van der Waals surface area contributed by atoms with Crippen LogP contribution in [0.3, 0.4) is 0 Å². The fraction of sp³-hybridized carbons (Fsp3) is 0.571. The molecule has 7 heteroatoms. The number of halogens is 1. The Labute approximate surface area is 228 Å². The Bertz CT molecular complexity index is 847. The number of nitrogens with zero attached hydrogens (tertiary/aromatic N) is 1. The van der Waals surface area contributed by atoms with E-state index in [9.17, 15) is 4.79 Å². The smallest absolute Gasteiger partial charge is 0.257 e. The number of unbranched alkanes of at least 4 members (excludes halogenated alkanes) is 7. The van der Waals surface area contributed by atoms with E-state index in [2.05, 4.69) is 36.0 Å². The second-order valence-electron chi connectivity index (χ2n) is 8.57. The van der Waals surface area contributed by atoms with E-state index in [4.69, 9.17) is 14.2 Å². The van der Waals surface area contributed by atoms with Crippen molar-refractivity contribution < 1.29 is 47.5 Å². The van der Waals surface area contributed by atoms with E-state index in [1.807, 2.05) is 24.4 Å². The number of aromatic nitrogens is 1. The van der Waals surface area contributed by atoms with Crippen molar-refractivity contribution in [1.82, 2.24) is 5.32 Å². The summed E-state index contributed by atoms with van der Waals surface area (Å²) in [6, 6.07) is 9.52. The van der Waals surface area contributed by atoms with Gasteiger partial charge in [0.1, 0.15) is 12.3 Å². The minimum absolute atomic E-state index is 0. The predicted octanol–water partition coefficient (Wildman–Crippen LogP) is 2.26. The number of nitrogens with one attached hydrogen (secondary N) is 1. The molecule has 0 saturated heterocycles. The highest BCUT2D eigenvalue weighted by Crippen LogP contribution is 2.31. The number of rotatable bonds is 18. The van der Waals surface area contributed by atoms with Crippen LogP contribution < -0.4 is 48.1 Å². The van der Waals surface area contributed by atoms with Gasteiger partial charge in [0.25, 0.3) is 5.91 Å². The highest BCUT2D eigenvalue weighted by atomic mass is 127. The lowest BCUT2D eigenvalue weighted by molar-refractivity contribution is -0.694. The Hall–Kier alpha value is -2.03. The molecular weight excluding hydrogens is 555 g/mol. The fourth-order valence-corrected chi connectivity index (χ4v) is 3.74. The summed E-state index contributed by atoms with van der Waals surface area (Å²) in [6.07, 6.45) is 15.1. The van der Waals surface area contributed by atoms with Crippen molar-refractivity contribution in [3.8, 4) is 17.2 Å². The molecule has 1 aromatic carbocycles. The zero-order valence-electron chi connectivity index (χ0n) is 21.7. The number of benzene rings is 1. The van der Waals surface area contributed by atoms with Crippen molar-refractivity contribution in [2.24, 2.45) is 0 Å². The average Bonchev–Trinajstić information content (AvgIpc) is 2.87. The minimum atomic E-state index is -0.145. The van der Waals surface area contributed by atoms with Crippen LogP contribution in [-0.4, -0.2) is 32.8 Å². The van der Waals surface area contributed by atoms with Crippen LogP contribution in [0.5, 0.6) is 17.2 Å². The molecule has 0 spiro atoms. The predicted molar refractivity (Wildman–Crippen MR) is 136 cm³/mol. The third-order valence-electron chi connectivity index (χ3n) is 5.78. The van der Waals surface area contributed by atoms with Crippen LogP contribution in [0.2, 0.25) is 0 Å². The third-order valence-corrected chi connectivity index (χ3v) is 5.78. The van der Waals surface area contributed by atoms with Gasteiger partial charge in [0, 0.05) is 24.2 Å². The summed E-state index contributed by atoms with van der Waals surface area (Å²) in [6.45, 7) is 6.49. The van der Waals surface area contributed by atoms with Crippen molar-refractivity contribution in [2.75, 3.05) is 26.9 Å². The van der Waals surface area contributed by atoms with Gasteiger partial charge < -0.3 is 43.5 Å². The summed E-state index contributed by atoms with van der Waals surface area (Å²) in [5, 5.41) is 2.91. The van der Waals surface area contributed by atoms with Crippen molar-refractivity contribution in [3.05, 3.63) is 48.3 Å².